The quantitative estimate of drug-likeness (QED) is 0.179. The molecule has 0 heterocycles. The van der Waals surface area contributed by atoms with Crippen LogP contribution < -0.4 is 14.2 Å². The molecular formula is C31H40O3. The van der Waals surface area contributed by atoms with Gasteiger partial charge in [0.05, 0.1) is 26.7 Å². The Bertz CT molecular complexity index is 895. The van der Waals surface area contributed by atoms with Crippen LogP contribution in [0.4, 0.5) is 0 Å². The van der Waals surface area contributed by atoms with Gasteiger partial charge >= 0.3 is 0 Å². The summed E-state index contributed by atoms with van der Waals surface area (Å²) in [6.07, 6.45) is 9.73. The molecule has 0 saturated heterocycles. The summed E-state index contributed by atoms with van der Waals surface area (Å²) in [6, 6.07) is 25.1. The molecule has 0 aliphatic carbocycles. The minimum Gasteiger partial charge on any atom is -0.496 e. The van der Waals surface area contributed by atoms with Crippen LogP contribution in [-0.2, 0) is 5.41 Å². The van der Waals surface area contributed by atoms with Gasteiger partial charge in [-0.15, -0.1) is 0 Å². The average molecular weight is 461 g/mol. The molecule has 3 aromatic rings. The monoisotopic (exact) mass is 460 g/mol. The van der Waals surface area contributed by atoms with E-state index in [1.54, 1.807) is 21.3 Å². The third-order valence-electron chi connectivity index (χ3n) is 6.86. The Kier molecular flexibility index (Phi) is 9.88. The van der Waals surface area contributed by atoms with Gasteiger partial charge < -0.3 is 14.2 Å². The summed E-state index contributed by atoms with van der Waals surface area (Å²) in [5.41, 5.74) is 2.93. The maximum absolute atomic E-state index is 5.93. The predicted octanol–water partition coefficient (Wildman–Crippen LogP) is 8.19. The van der Waals surface area contributed by atoms with Crippen LogP contribution >= 0.6 is 0 Å². The summed E-state index contributed by atoms with van der Waals surface area (Å²) >= 11 is 0. The van der Waals surface area contributed by atoms with E-state index < -0.39 is 5.41 Å². The van der Waals surface area contributed by atoms with Crippen LogP contribution in [0.25, 0.3) is 0 Å². The molecule has 34 heavy (non-hydrogen) atoms. The highest BCUT2D eigenvalue weighted by atomic mass is 16.5. The molecule has 0 bridgehead atoms. The van der Waals surface area contributed by atoms with Crippen LogP contribution in [0.3, 0.4) is 0 Å². The van der Waals surface area contributed by atoms with Crippen LogP contribution in [0.5, 0.6) is 17.2 Å². The second-order valence-electron chi connectivity index (χ2n) is 8.88. The maximum Gasteiger partial charge on any atom is 0.123 e. The highest BCUT2D eigenvalue weighted by Gasteiger charge is 2.42. The number of unbranched alkanes of at least 4 members (excludes halogenated alkanes) is 6. The van der Waals surface area contributed by atoms with Crippen LogP contribution in [0.1, 0.15) is 75.0 Å². The summed E-state index contributed by atoms with van der Waals surface area (Å²) < 4.78 is 17.8. The Morgan fingerprint density at radius 3 is 1.24 bits per heavy atom. The van der Waals surface area contributed by atoms with Crippen molar-refractivity contribution >= 4 is 0 Å². The zero-order chi connectivity index (χ0) is 24.2. The van der Waals surface area contributed by atoms with Gasteiger partial charge in [0.1, 0.15) is 17.2 Å². The fourth-order valence-electron chi connectivity index (χ4n) is 5.18. The Morgan fingerprint density at radius 2 is 0.853 bits per heavy atom. The number of ether oxygens (including phenoxy) is 3. The highest BCUT2D eigenvalue weighted by molar-refractivity contribution is 5.61. The van der Waals surface area contributed by atoms with Crippen LogP contribution in [0, 0.1) is 0 Å². The van der Waals surface area contributed by atoms with Crippen molar-refractivity contribution in [2.24, 2.45) is 0 Å². The Labute approximate surface area is 206 Å². The summed E-state index contributed by atoms with van der Waals surface area (Å²) in [7, 11) is 5.26. The van der Waals surface area contributed by atoms with Crippen LogP contribution in [0.2, 0.25) is 0 Å². The summed E-state index contributed by atoms with van der Waals surface area (Å²) in [6.45, 7) is 2.27. The minimum absolute atomic E-state index is 0.477. The lowest BCUT2D eigenvalue weighted by atomic mass is 9.65. The molecule has 0 atom stereocenters. The molecule has 0 aromatic heterocycles. The van der Waals surface area contributed by atoms with Crippen molar-refractivity contribution in [3.8, 4) is 17.2 Å². The van der Waals surface area contributed by atoms with Crippen molar-refractivity contribution in [1.82, 2.24) is 0 Å². The van der Waals surface area contributed by atoms with Gasteiger partial charge in [-0.1, -0.05) is 106 Å². The van der Waals surface area contributed by atoms with E-state index in [4.69, 9.17) is 14.2 Å². The molecule has 0 unspecified atom stereocenters. The first kappa shape index (κ1) is 25.7. The standard InChI is InChI=1S/C31H40O3/c1-5-6-7-8-9-10-17-24-31(25-18-11-14-21-28(25)32-2,26-19-12-15-22-29(26)33-3)27-20-13-16-23-30(27)34-4/h11-16,18-23H,5-10,17,24H2,1-4H3. The molecule has 3 nitrogen and oxygen atoms in total. The first-order valence-electron chi connectivity index (χ1n) is 12.6. The predicted molar refractivity (Wildman–Crippen MR) is 141 cm³/mol. The molecule has 0 fully saturated rings. The molecule has 0 aliphatic rings. The first-order valence-corrected chi connectivity index (χ1v) is 12.6. The van der Waals surface area contributed by atoms with E-state index in [0.29, 0.717) is 0 Å². The van der Waals surface area contributed by atoms with E-state index in [-0.39, 0.29) is 0 Å². The van der Waals surface area contributed by atoms with E-state index in [1.807, 2.05) is 18.2 Å². The summed E-state index contributed by atoms with van der Waals surface area (Å²) in [4.78, 5) is 0. The zero-order valence-corrected chi connectivity index (χ0v) is 21.3. The van der Waals surface area contributed by atoms with Crippen LogP contribution in [0.15, 0.2) is 72.8 Å². The highest BCUT2D eigenvalue weighted by Crippen LogP contribution is 2.52. The van der Waals surface area contributed by atoms with E-state index in [1.165, 1.54) is 38.5 Å². The lowest BCUT2D eigenvalue weighted by Crippen LogP contribution is -2.31. The van der Waals surface area contributed by atoms with Crippen molar-refractivity contribution in [3.63, 3.8) is 0 Å². The number of methoxy groups -OCH3 is 3. The molecule has 0 spiro atoms. The third-order valence-corrected chi connectivity index (χ3v) is 6.86. The van der Waals surface area contributed by atoms with Gasteiger partial charge in [0.2, 0.25) is 0 Å². The molecule has 3 rings (SSSR count). The summed E-state index contributed by atoms with van der Waals surface area (Å²) in [5, 5.41) is 0. The molecule has 0 radical (unpaired) electrons. The Balaban J connectivity index is 2.18. The van der Waals surface area contributed by atoms with Crippen molar-refractivity contribution in [1.29, 1.82) is 0 Å². The number of hydrogen-bond acceptors (Lipinski definition) is 3. The molecule has 3 heteroatoms. The van der Waals surface area contributed by atoms with E-state index in [2.05, 4.69) is 61.5 Å². The molecular weight excluding hydrogens is 420 g/mol. The SMILES string of the molecule is CCCCCCCCCC(c1ccccc1OC)(c1ccccc1OC)c1ccccc1OC. The van der Waals surface area contributed by atoms with Gasteiger partial charge in [0.15, 0.2) is 0 Å². The van der Waals surface area contributed by atoms with Crippen molar-refractivity contribution < 1.29 is 14.2 Å². The van der Waals surface area contributed by atoms with E-state index in [9.17, 15) is 0 Å². The smallest absolute Gasteiger partial charge is 0.123 e. The molecule has 0 amide bonds. The molecule has 0 aliphatic heterocycles. The largest absolute Gasteiger partial charge is 0.496 e. The average Bonchev–Trinajstić information content (AvgIpc) is 2.90. The number of para-hydroxylation sites is 3. The third kappa shape index (κ3) is 5.58. The normalized spacial score (nSPS) is 11.3. The molecule has 182 valence electrons. The zero-order valence-electron chi connectivity index (χ0n) is 21.3. The van der Waals surface area contributed by atoms with E-state index >= 15 is 0 Å². The second-order valence-corrected chi connectivity index (χ2v) is 8.88. The molecule has 0 saturated carbocycles. The van der Waals surface area contributed by atoms with Gasteiger partial charge in [-0.3, -0.25) is 0 Å². The molecule has 0 N–H and O–H groups in total. The van der Waals surface area contributed by atoms with Gasteiger partial charge in [0, 0.05) is 16.7 Å². The lowest BCUT2D eigenvalue weighted by Gasteiger charge is -2.38. The van der Waals surface area contributed by atoms with Crippen molar-refractivity contribution in [2.45, 2.75) is 63.7 Å². The number of benzene rings is 3. The van der Waals surface area contributed by atoms with E-state index in [0.717, 1.165) is 46.8 Å². The fourth-order valence-corrected chi connectivity index (χ4v) is 5.18. The van der Waals surface area contributed by atoms with Gasteiger partial charge in [-0.2, -0.15) is 0 Å². The number of rotatable bonds is 14. The van der Waals surface area contributed by atoms with Crippen molar-refractivity contribution in [3.05, 3.63) is 89.5 Å². The fraction of sp³-hybridized carbons (Fsp3) is 0.419. The first-order chi connectivity index (χ1) is 16.7. The van der Waals surface area contributed by atoms with Crippen molar-refractivity contribution in [2.75, 3.05) is 21.3 Å². The lowest BCUT2D eigenvalue weighted by molar-refractivity contribution is 0.366. The Hall–Kier alpha value is -2.94. The minimum atomic E-state index is -0.477. The Morgan fingerprint density at radius 1 is 0.500 bits per heavy atom. The van der Waals surface area contributed by atoms with Gasteiger partial charge in [-0.05, 0) is 24.6 Å². The number of hydrogen-bond donors (Lipinski definition) is 0. The van der Waals surface area contributed by atoms with Gasteiger partial charge in [0.25, 0.3) is 0 Å². The molecule has 3 aromatic carbocycles. The van der Waals surface area contributed by atoms with Gasteiger partial charge in [-0.25, -0.2) is 0 Å². The van der Waals surface area contributed by atoms with Crippen LogP contribution in [-0.4, -0.2) is 21.3 Å². The summed E-state index contributed by atoms with van der Waals surface area (Å²) in [5.74, 6) is 2.63. The maximum atomic E-state index is 5.93. The second kappa shape index (κ2) is 13.1. The topological polar surface area (TPSA) is 27.7 Å².